The molecule has 2 heterocycles. The van der Waals surface area contributed by atoms with Crippen molar-refractivity contribution in [2.24, 2.45) is 0 Å². The van der Waals surface area contributed by atoms with Crippen LogP contribution in [0.3, 0.4) is 0 Å². The van der Waals surface area contributed by atoms with Crippen molar-refractivity contribution in [3.05, 3.63) is 77.4 Å². The minimum atomic E-state index is -1.23. The van der Waals surface area contributed by atoms with Crippen LogP contribution in [-0.2, 0) is 27.3 Å². The van der Waals surface area contributed by atoms with Crippen LogP contribution in [0.4, 0.5) is 10.5 Å². The number of carbonyl (C=O) groups is 3. The molecular weight excluding hydrogens is 510 g/mol. The fourth-order valence-corrected chi connectivity index (χ4v) is 4.98. The minimum absolute atomic E-state index is 0.151. The van der Waals surface area contributed by atoms with Crippen LogP contribution >= 0.6 is 0 Å². The van der Waals surface area contributed by atoms with E-state index < -0.39 is 29.7 Å². The summed E-state index contributed by atoms with van der Waals surface area (Å²) in [5.41, 5.74) is 2.03. The normalized spacial score (nSPS) is 18.4. The van der Waals surface area contributed by atoms with E-state index in [0.29, 0.717) is 18.4 Å². The molecule has 2 aliphatic rings. The minimum Gasteiger partial charge on any atom is -0.465 e. The lowest BCUT2D eigenvalue weighted by molar-refractivity contribution is -0.140. The maximum absolute atomic E-state index is 14.1. The third kappa shape index (κ3) is 5.37. The van der Waals surface area contributed by atoms with Crippen molar-refractivity contribution in [1.29, 1.82) is 0 Å². The second kappa shape index (κ2) is 11.0. The molecule has 206 valence electrons. The SMILES string of the molecule is C[C@@H](C(=O)N[C@H]1CCc2ccccc2N(Cc2c(C#CC3(O)COC3)ccc3ccccc23)C1=O)N(C)C(=O)O. The molecule has 0 aliphatic carbocycles. The van der Waals surface area contributed by atoms with Gasteiger partial charge in [-0.25, -0.2) is 4.79 Å². The van der Waals surface area contributed by atoms with Crippen LogP contribution in [0.25, 0.3) is 10.8 Å². The van der Waals surface area contributed by atoms with E-state index in [-0.39, 0.29) is 25.7 Å². The van der Waals surface area contributed by atoms with Crippen molar-refractivity contribution >= 4 is 34.4 Å². The standard InChI is InChI=1S/C31H31N3O6/c1-20(33(2)30(37)38)28(35)32-26-14-13-23-8-4-6-10-27(23)34(29(26)36)17-25-22(15-16-31(39)18-40-19-31)12-11-21-7-3-5-9-24(21)25/h3-12,20,26,39H,13-14,17-19H2,1-2H3,(H,32,35)(H,37,38)/t20-,26-/m0/s1. The van der Waals surface area contributed by atoms with Crippen LogP contribution < -0.4 is 10.2 Å². The van der Waals surface area contributed by atoms with Gasteiger partial charge in [0, 0.05) is 18.3 Å². The van der Waals surface area contributed by atoms with E-state index in [2.05, 4.69) is 17.2 Å². The van der Waals surface area contributed by atoms with Crippen molar-refractivity contribution < 1.29 is 29.3 Å². The first kappa shape index (κ1) is 27.2. The zero-order valence-corrected chi connectivity index (χ0v) is 22.4. The molecule has 9 nitrogen and oxygen atoms in total. The van der Waals surface area contributed by atoms with Crippen LogP contribution in [-0.4, -0.2) is 71.0 Å². The number of carboxylic acid groups (broad SMARTS) is 1. The Hall–Kier alpha value is -4.39. The highest BCUT2D eigenvalue weighted by Gasteiger charge is 2.35. The first-order valence-corrected chi connectivity index (χ1v) is 13.2. The summed E-state index contributed by atoms with van der Waals surface area (Å²) in [7, 11) is 1.32. The molecule has 3 amide bonds. The number of para-hydroxylation sites is 1. The highest BCUT2D eigenvalue weighted by atomic mass is 16.5. The Kier molecular flexibility index (Phi) is 7.48. The number of ether oxygens (including phenoxy) is 1. The molecule has 3 N–H and O–H groups in total. The van der Waals surface area contributed by atoms with Gasteiger partial charge in [-0.3, -0.25) is 14.5 Å². The molecule has 0 unspecified atom stereocenters. The number of carbonyl (C=O) groups excluding carboxylic acids is 2. The predicted molar refractivity (Wildman–Crippen MR) is 150 cm³/mol. The van der Waals surface area contributed by atoms with Crippen molar-refractivity contribution in [1.82, 2.24) is 10.2 Å². The summed E-state index contributed by atoms with van der Waals surface area (Å²) >= 11 is 0. The van der Waals surface area contributed by atoms with E-state index in [9.17, 15) is 24.6 Å². The monoisotopic (exact) mass is 541 g/mol. The molecule has 0 aromatic heterocycles. The summed E-state index contributed by atoms with van der Waals surface area (Å²) in [4.78, 5) is 41.0. The predicted octanol–water partition coefficient (Wildman–Crippen LogP) is 2.92. The Morgan fingerprint density at radius 3 is 2.60 bits per heavy atom. The number of fused-ring (bicyclic) bond motifs is 2. The topological polar surface area (TPSA) is 119 Å². The number of aliphatic hydroxyl groups is 1. The third-order valence-electron chi connectivity index (χ3n) is 7.60. The second-order valence-electron chi connectivity index (χ2n) is 10.3. The van der Waals surface area contributed by atoms with Gasteiger partial charge < -0.3 is 25.2 Å². The lowest BCUT2D eigenvalue weighted by atomic mass is 9.96. The largest absolute Gasteiger partial charge is 0.465 e. The Morgan fingerprint density at radius 2 is 1.88 bits per heavy atom. The van der Waals surface area contributed by atoms with Crippen LogP contribution in [0.2, 0.25) is 0 Å². The number of benzene rings is 3. The maximum atomic E-state index is 14.1. The Balaban J connectivity index is 1.53. The Bertz CT molecular complexity index is 1540. The summed E-state index contributed by atoms with van der Waals surface area (Å²) in [6.45, 7) is 1.97. The van der Waals surface area contributed by atoms with E-state index in [1.165, 1.54) is 14.0 Å². The summed E-state index contributed by atoms with van der Waals surface area (Å²) in [6, 6.07) is 17.5. The number of nitrogens with one attached hydrogen (secondary N) is 1. The number of aryl methyl sites for hydroxylation is 1. The fraction of sp³-hybridized carbons (Fsp3) is 0.323. The molecule has 0 bridgehead atoms. The van der Waals surface area contributed by atoms with Crippen molar-refractivity contribution in [3.8, 4) is 11.8 Å². The van der Waals surface area contributed by atoms with Crippen molar-refractivity contribution in [3.63, 3.8) is 0 Å². The van der Waals surface area contributed by atoms with Gasteiger partial charge >= 0.3 is 6.09 Å². The number of rotatable bonds is 5. The lowest BCUT2D eigenvalue weighted by Gasteiger charge is -2.31. The molecule has 5 rings (SSSR count). The van der Waals surface area contributed by atoms with Crippen LogP contribution in [0, 0.1) is 11.8 Å². The van der Waals surface area contributed by atoms with Crippen LogP contribution in [0.15, 0.2) is 60.7 Å². The van der Waals surface area contributed by atoms with Crippen LogP contribution in [0.5, 0.6) is 0 Å². The number of hydrogen-bond acceptors (Lipinski definition) is 5. The highest BCUT2D eigenvalue weighted by molar-refractivity contribution is 6.02. The zero-order chi connectivity index (χ0) is 28.4. The first-order valence-electron chi connectivity index (χ1n) is 13.2. The molecule has 0 spiro atoms. The number of anilines is 1. The number of hydrogen-bond donors (Lipinski definition) is 3. The van der Waals surface area contributed by atoms with Crippen molar-refractivity contribution in [2.45, 2.75) is 44.0 Å². The zero-order valence-electron chi connectivity index (χ0n) is 22.4. The molecule has 0 radical (unpaired) electrons. The van der Waals surface area contributed by atoms with Gasteiger partial charge in [-0.2, -0.15) is 0 Å². The lowest BCUT2D eigenvalue weighted by Crippen LogP contribution is -2.53. The fourth-order valence-electron chi connectivity index (χ4n) is 4.98. The molecule has 2 aliphatic heterocycles. The van der Waals surface area contributed by atoms with Crippen molar-refractivity contribution in [2.75, 3.05) is 25.2 Å². The van der Waals surface area contributed by atoms with Gasteiger partial charge in [0.25, 0.3) is 0 Å². The second-order valence-corrected chi connectivity index (χ2v) is 10.3. The van der Waals surface area contributed by atoms with Gasteiger partial charge in [-0.15, -0.1) is 0 Å². The average Bonchev–Trinajstić information content (AvgIpc) is 3.07. The highest BCUT2D eigenvalue weighted by Crippen LogP contribution is 2.32. The molecule has 40 heavy (non-hydrogen) atoms. The molecular formula is C31H31N3O6. The van der Waals surface area contributed by atoms with Gasteiger partial charge in [0.15, 0.2) is 5.60 Å². The molecule has 9 heteroatoms. The Labute approximate surface area is 232 Å². The Morgan fingerprint density at radius 1 is 1.15 bits per heavy atom. The summed E-state index contributed by atoms with van der Waals surface area (Å²) in [5, 5.41) is 24.5. The van der Waals surface area contributed by atoms with E-state index in [1.54, 1.807) is 4.90 Å². The van der Waals surface area contributed by atoms with Crippen LogP contribution in [0.1, 0.15) is 30.0 Å². The number of amides is 3. The molecule has 2 atom stereocenters. The van der Waals surface area contributed by atoms with Gasteiger partial charge in [0.1, 0.15) is 12.1 Å². The molecule has 3 aromatic carbocycles. The van der Waals surface area contributed by atoms with Gasteiger partial charge in [-0.05, 0) is 53.8 Å². The number of likely N-dealkylation sites (N-methyl/N-ethyl adjacent to an activating group) is 1. The third-order valence-corrected chi connectivity index (χ3v) is 7.60. The van der Waals surface area contributed by atoms with E-state index in [0.717, 1.165) is 32.5 Å². The van der Waals surface area contributed by atoms with Gasteiger partial charge in [-0.1, -0.05) is 60.4 Å². The van der Waals surface area contributed by atoms with Gasteiger partial charge in [0.2, 0.25) is 11.8 Å². The average molecular weight is 542 g/mol. The molecule has 1 saturated heterocycles. The molecule has 3 aromatic rings. The van der Waals surface area contributed by atoms with E-state index >= 15 is 0 Å². The quantitative estimate of drug-likeness (QED) is 0.428. The van der Waals surface area contributed by atoms with E-state index in [4.69, 9.17) is 4.74 Å². The first-order chi connectivity index (χ1) is 19.2. The summed E-state index contributed by atoms with van der Waals surface area (Å²) < 4.78 is 5.13. The maximum Gasteiger partial charge on any atom is 0.407 e. The summed E-state index contributed by atoms with van der Waals surface area (Å²) in [5.74, 6) is 5.23. The molecule has 0 saturated carbocycles. The smallest absolute Gasteiger partial charge is 0.407 e. The number of nitrogens with zero attached hydrogens (tertiary/aromatic N) is 2. The summed E-state index contributed by atoms with van der Waals surface area (Å²) in [6.07, 6.45) is -0.301. The van der Waals surface area contributed by atoms with Gasteiger partial charge in [0.05, 0.1) is 19.8 Å². The molecule has 1 fully saturated rings. The van der Waals surface area contributed by atoms with E-state index in [1.807, 2.05) is 60.7 Å².